The fourth-order valence-electron chi connectivity index (χ4n) is 4.45. The van der Waals surface area contributed by atoms with E-state index in [2.05, 4.69) is 16.0 Å². The number of amides is 4. The Morgan fingerprint density at radius 1 is 1.17 bits per heavy atom. The molecule has 2 aromatic rings. The van der Waals surface area contributed by atoms with Gasteiger partial charge in [0.15, 0.2) is 0 Å². The maximum absolute atomic E-state index is 13.8. The van der Waals surface area contributed by atoms with E-state index in [4.69, 9.17) is 5.73 Å². The highest BCUT2D eigenvalue weighted by molar-refractivity contribution is 5.94. The van der Waals surface area contributed by atoms with E-state index in [0.29, 0.717) is 57.5 Å². The van der Waals surface area contributed by atoms with Gasteiger partial charge in [0.1, 0.15) is 5.82 Å². The molecule has 36 heavy (non-hydrogen) atoms. The van der Waals surface area contributed by atoms with Crippen molar-refractivity contribution in [3.63, 3.8) is 0 Å². The van der Waals surface area contributed by atoms with E-state index in [-0.39, 0.29) is 29.5 Å². The molecule has 2 unspecified atom stereocenters. The molecule has 0 saturated heterocycles. The first-order chi connectivity index (χ1) is 17.2. The molecule has 8 nitrogen and oxygen atoms in total. The zero-order chi connectivity index (χ0) is 26.1. The van der Waals surface area contributed by atoms with Crippen LogP contribution in [-0.4, -0.2) is 55.5 Å². The SMILES string of the molecule is Cc1cccc(C(=O)NCCC(C)CC(=O)N(CCCNC(N)=O)CC2CNc3ccc(F)cc32)c1. The number of hydrogen-bond donors (Lipinski definition) is 4. The van der Waals surface area contributed by atoms with E-state index in [1.165, 1.54) is 12.1 Å². The molecule has 3 rings (SSSR count). The van der Waals surface area contributed by atoms with Gasteiger partial charge in [-0.15, -0.1) is 0 Å². The van der Waals surface area contributed by atoms with Gasteiger partial charge in [0.05, 0.1) is 0 Å². The molecule has 0 radical (unpaired) electrons. The number of nitrogens with one attached hydrogen (secondary N) is 3. The van der Waals surface area contributed by atoms with Crippen LogP contribution >= 0.6 is 0 Å². The highest BCUT2D eigenvalue weighted by atomic mass is 19.1. The number of rotatable bonds is 12. The number of halogens is 1. The molecule has 2 aromatic carbocycles. The van der Waals surface area contributed by atoms with Crippen LogP contribution in [0, 0.1) is 18.7 Å². The first-order valence-corrected chi connectivity index (χ1v) is 12.4. The van der Waals surface area contributed by atoms with Crippen molar-refractivity contribution >= 4 is 23.5 Å². The van der Waals surface area contributed by atoms with E-state index >= 15 is 0 Å². The smallest absolute Gasteiger partial charge is 0.312 e. The minimum absolute atomic E-state index is 0.00330. The fourth-order valence-corrected chi connectivity index (χ4v) is 4.45. The molecule has 4 amide bonds. The van der Waals surface area contributed by atoms with Crippen LogP contribution in [-0.2, 0) is 4.79 Å². The molecule has 0 saturated carbocycles. The monoisotopic (exact) mass is 497 g/mol. The van der Waals surface area contributed by atoms with Gasteiger partial charge in [-0.05, 0) is 61.6 Å². The number of benzene rings is 2. The van der Waals surface area contributed by atoms with Crippen LogP contribution in [0.25, 0.3) is 0 Å². The number of primary amides is 1. The van der Waals surface area contributed by atoms with Crippen molar-refractivity contribution < 1.29 is 18.8 Å². The van der Waals surface area contributed by atoms with Crippen LogP contribution in [0.5, 0.6) is 0 Å². The molecule has 0 aliphatic carbocycles. The average molecular weight is 498 g/mol. The molecular weight excluding hydrogens is 461 g/mol. The zero-order valence-electron chi connectivity index (χ0n) is 21.0. The van der Waals surface area contributed by atoms with Crippen LogP contribution in [0.2, 0.25) is 0 Å². The lowest BCUT2D eigenvalue weighted by atomic mass is 9.99. The highest BCUT2D eigenvalue weighted by Gasteiger charge is 2.27. The number of nitrogens with two attached hydrogens (primary N) is 1. The topological polar surface area (TPSA) is 117 Å². The Morgan fingerprint density at radius 3 is 2.72 bits per heavy atom. The summed E-state index contributed by atoms with van der Waals surface area (Å²) in [5.74, 6) is -0.384. The normalized spacial score (nSPS) is 14.9. The third kappa shape index (κ3) is 7.96. The molecular formula is C27H36FN5O3. The summed E-state index contributed by atoms with van der Waals surface area (Å²) in [6, 6.07) is 11.5. The molecule has 0 spiro atoms. The molecule has 194 valence electrons. The second kappa shape index (κ2) is 12.9. The minimum Gasteiger partial charge on any atom is -0.384 e. The highest BCUT2D eigenvalue weighted by Crippen LogP contribution is 2.32. The van der Waals surface area contributed by atoms with Gasteiger partial charge in [-0.2, -0.15) is 0 Å². The number of carbonyl (C=O) groups is 3. The average Bonchev–Trinajstić information content (AvgIpc) is 3.22. The van der Waals surface area contributed by atoms with Crippen molar-refractivity contribution in [2.24, 2.45) is 11.7 Å². The van der Waals surface area contributed by atoms with Gasteiger partial charge in [-0.3, -0.25) is 9.59 Å². The van der Waals surface area contributed by atoms with Gasteiger partial charge in [-0.25, -0.2) is 9.18 Å². The van der Waals surface area contributed by atoms with Crippen molar-refractivity contribution in [2.75, 3.05) is 38.0 Å². The third-order valence-electron chi connectivity index (χ3n) is 6.42. The van der Waals surface area contributed by atoms with Crippen LogP contribution in [0.15, 0.2) is 42.5 Å². The number of aryl methyl sites for hydroxylation is 1. The summed E-state index contributed by atoms with van der Waals surface area (Å²) in [7, 11) is 0. The van der Waals surface area contributed by atoms with Gasteiger partial charge in [0, 0.05) is 56.3 Å². The summed E-state index contributed by atoms with van der Waals surface area (Å²) in [4.78, 5) is 38.4. The summed E-state index contributed by atoms with van der Waals surface area (Å²) in [6.45, 7) is 6.31. The molecule has 0 bridgehead atoms. The van der Waals surface area contributed by atoms with E-state index in [9.17, 15) is 18.8 Å². The fraction of sp³-hybridized carbons (Fsp3) is 0.444. The third-order valence-corrected chi connectivity index (χ3v) is 6.42. The minimum atomic E-state index is -0.599. The first-order valence-electron chi connectivity index (χ1n) is 12.4. The summed E-state index contributed by atoms with van der Waals surface area (Å²) in [5.41, 5.74) is 8.55. The molecule has 2 atom stereocenters. The number of hydrogen-bond acceptors (Lipinski definition) is 4. The van der Waals surface area contributed by atoms with Crippen molar-refractivity contribution in [1.29, 1.82) is 0 Å². The van der Waals surface area contributed by atoms with Crippen molar-refractivity contribution in [3.05, 3.63) is 65.0 Å². The Bertz CT molecular complexity index is 1080. The lowest BCUT2D eigenvalue weighted by Crippen LogP contribution is -2.39. The van der Waals surface area contributed by atoms with Gasteiger partial charge in [-0.1, -0.05) is 24.6 Å². The lowest BCUT2D eigenvalue weighted by Gasteiger charge is -2.27. The summed E-state index contributed by atoms with van der Waals surface area (Å²) in [5, 5.41) is 8.76. The first kappa shape index (κ1) is 27.0. The molecule has 0 fully saturated rings. The predicted octanol–water partition coefficient (Wildman–Crippen LogP) is 3.38. The Balaban J connectivity index is 1.54. The van der Waals surface area contributed by atoms with E-state index in [0.717, 1.165) is 16.8 Å². The maximum Gasteiger partial charge on any atom is 0.312 e. The number of carbonyl (C=O) groups excluding carboxylic acids is 3. The quantitative estimate of drug-likeness (QED) is 0.336. The van der Waals surface area contributed by atoms with Crippen LogP contribution < -0.4 is 21.7 Å². The van der Waals surface area contributed by atoms with Crippen LogP contribution in [0.4, 0.5) is 14.9 Å². The predicted molar refractivity (Wildman–Crippen MR) is 138 cm³/mol. The largest absolute Gasteiger partial charge is 0.384 e. The van der Waals surface area contributed by atoms with Crippen molar-refractivity contribution in [3.8, 4) is 0 Å². The summed E-state index contributed by atoms with van der Waals surface area (Å²) >= 11 is 0. The molecule has 9 heteroatoms. The van der Waals surface area contributed by atoms with Gasteiger partial charge in [0.2, 0.25) is 5.91 Å². The molecule has 5 N–H and O–H groups in total. The van der Waals surface area contributed by atoms with Crippen LogP contribution in [0.1, 0.15) is 53.6 Å². The number of anilines is 1. The standard InChI is InChI=1S/C27H36FN5O3/c1-18-5-3-6-20(13-18)26(35)30-11-9-19(2)14-25(34)33(12-4-10-31-27(29)36)17-21-16-32-24-8-7-22(28)15-23(21)24/h3,5-8,13,15,19,21,32H,4,9-12,14,16-17H2,1-2H3,(H,30,35)(H3,29,31,36). The van der Waals surface area contributed by atoms with Gasteiger partial charge >= 0.3 is 6.03 Å². The van der Waals surface area contributed by atoms with Gasteiger partial charge in [0.25, 0.3) is 5.91 Å². The summed E-state index contributed by atoms with van der Waals surface area (Å²) < 4.78 is 13.8. The maximum atomic E-state index is 13.8. The molecule has 1 heterocycles. The van der Waals surface area contributed by atoms with Crippen molar-refractivity contribution in [1.82, 2.24) is 15.5 Å². The van der Waals surface area contributed by atoms with Crippen LogP contribution in [0.3, 0.4) is 0 Å². The zero-order valence-corrected chi connectivity index (χ0v) is 21.0. The lowest BCUT2D eigenvalue weighted by molar-refractivity contribution is -0.132. The molecule has 1 aliphatic heterocycles. The van der Waals surface area contributed by atoms with E-state index < -0.39 is 6.03 Å². The molecule has 0 aromatic heterocycles. The number of fused-ring (bicyclic) bond motifs is 1. The van der Waals surface area contributed by atoms with E-state index in [1.54, 1.807) is 17.0 Å². The number of urea groups is 1. The summed E-state index contributed by atoms with van der Waals surface area (Å²) in [6.07, 6.45) is 1.56. The second-order valence-corrected chi connectivity index (χ2v) is 9.52. The second-order valence-electron chi connectivity index (χ2n) is 9.52. The Morgan fingerprint density at radius 2 is 1.97 bits per heavy atom. The Kier molecular flexibility index (Phi) is 9.67. The number of nitrogens with zero attached hydrogens (tertiary/aromatic N) is 1. The van der Waals surface area contributed by atoms with Gasteiger partial charge < -0.3 is 26.6 Å². The Labute approximate surface area is 211 Å². The molecule has 1 aliphatic rings. The Hall–Kier alpha value is -3.62. The van der Waals surface area contributed by atoms with E-state index in [1.807, 2.05) is 32.0 Å². The van der Waals surface area contributed by atoms with Crippen molar-refractivity contribution in [2.45, 2.75) is 39.0 Å².